The van der Waals surface area contributed by atoms with Crippen LogP contribution in [0.2, 0.25) is 0 Å². The Hall–Kier alpha value is -2.31. The van der Waals surface area contributed by atoms with E-state index in [4.69, 9.17) is 4.74 Å². The lowest BCUT2D eigenvalue weighted by atomic mass is 10.2. The summed E-state index contributed by atoms with van der Waals surface area (Å²) in [6.07, 6.45) is 6.02. The molecule has 4 rings (SSSR count). The van der Waals surface area contributed by atoms with Crippen LogP contribution < -0.4 is 4.90 Å². The molecule has 0 N–H and O–H groups in total. The minimum atomic E-state index is -0.458. The first-order chi connectivity index (χ1) is 11.9. The Bertz CT molecular complexity index is 782. The zero-order valence-electron chi connectivity index (χ0n) is 15.1. The van der Waals surface area contributed by atoms with E-state index in [0.717, 1.165) is 30.2 Å². The highest BCUT2D eigenvalue weighted by Crippen LogP contribution is 2.39. The minimum absolute atomic E-state index is 0.235. The SMILES string of the molecule is CC(C)(C)OC(=O)N1CCN(c2cnc3cc(C4CC4)ncn23)CC1. The number of rotatable bonds is 2. The molecule has 3 heterocycles. The molecule has 0 aromatic carbocycles. The lowest BCUT2D eigenvalue weighted by molar-refractivity contribution is 0.0240. The summed E-state index contributed by atoms with van der Waals surface area (Å²) in [5.41, 5.74) is 1.64. The Morgan fingerprint density at radius 3 is 2.52 bits per heavy atom. The van der Waals surface area contributed by atoms with E-state index < -0.39 is 5.60 Å². The predicted molar refractivity (Wildman–Crippen MR) is 95.0 cm³/mol. The number of aromatic nitrogens is 3. The number of carbonyl (C=O) groups excluding carboxylic acids is 1. The Kier molecular flexibility index (Phi) is 3.81. The molecule has 2 fully saturated rings. The standard InChI is InChI=1S/C18H25N5O2/c1-18(2,3)25-17(24)22-8-6-21(7-9-22)16-11-19-15-10-14(13-4-5-13)20-12-23(15)16/h10-13H,4-9H2,1-3H3. The van der Waals surface area contributed by atoms with Gasteiger partial charge in [0, 0.05) is 43.9 Å². The lowest BCUT2D eigenvalue weighted by Gasteiger charge is -2.36. The Morgan fingerprint density at radius 1 is 1.16 bits per heavy atom. The molecule has 25 heavy (non-hydrogen) atoms. The zero-order chi connectivity index (χ0) is 17.6. The van der Waals surface area contributed by atoms with Crippen molar-refractivity contribution in [2.75, 3.05) is 31.1 Å². The van der Waals surface area contributed by atoms with Gasteiger partial charge in [-0.25, -0.2) is 14.8 Å². The fourth-order valence-corrected chi connectivity index (χ4v) is 3.17. The number of amides is 1. The van der Waals surface area contributed by atoms with Gasteiger partial charge in [-0.2, -0.15) is 0 Å². The molecule has 0 radical (unpaired) electrons. The second-order valence-electron chi connectivity index (χ2n) is 7.89. The van der Waals surface area contributed by atoms with Crippen LogP contribution in [-0.2, 0) is 4.74 Å². The normalized spacial score (nSPS) is 18.7. The van der Waals surface area contributed by atoms with Crippen molar-refractivity contribution in [1.29, 1.82) is 0 Å². The number of imidazole rings is 1. The summed E-state index contributed by atoms with van der Waals surface area (Å²) < 4.78 is 7.49. The summed E-state index contributed by atoms with van der Waals surface area (Å²) in [6.45, 7) is 8.49. The fourth-order valence-electron chi connectivity index (χ4n) is 3.17. The summed E-state index contributed by atoms with van der Waals surface area (Å²) in [5.74, 6) is 1.66. The van der Waals surface area contributed by atoms with Crippen LogP contribution in [-0.4, -0.2) is 57.1 Å². The summed E-state index contributed by atoms with van der Waals surface area (Å²) in [4.78, 5) is 25.3. The summed E-state index contributed by atoms with van der Waals surface area (Å²) in [7, 11) is 0. The van der Waals surface area contributed by atoms with Gasteiger partial charge in [-0.3, -0.25) is 4.40 Å². The maximum atomic E-state index is 12.2. The quantitative estimate of drug-likeness (QED) is 0.839. The second kappa shape index (κ2) is 5.89. The van der Waals surface area contributed by atoms with Crippen LogP contribution in [0.3, 0.4) is 0 Å². The van der Waals surface area contributed by atoms with E-state index in [0.29, 0.717) is 19.0 Å². The average Bonchev–Trinajstić information content (AvgIpc) is 3.33. The van der Waals surface area contributed by atoms with Gasteiger partial charge in [0.25, 0.3) is 0 Å². The van der Waals surface area contributed by atoms with Crippen LogP contribution in [0.25, 0.3) is 5.65 Å². The van der Waals surface area contributed by atoms with Crippen LogP contribution in [0, 0.1) is 0 Å². The fraction of sp³-hybridized carbons (Fsp3) is 0.611. The van der Waals surface area contributed by atoms with Crippen molar-refractivity contribution in [3.8, 4) is 0 Å². The second-order valence-corrected chi connectivity index (χ2v) is 7.89. The summed E-state index contributed by atoms with van der Waals surface area (Å²) in [6, 6.07) is 2.10. The third-order valence-corrected chi connectivity index (χ3v) is 4.66. The van der Waals surface area contributed by atoms with E-state index in [1.54, 1.807) is 4.90 Å². The van der Waals surface area contributed by atoms with Crippen LogP contribution in [0.5, 0.6) is 0 Å². The molecule has 0 unspecified atom stereocenters. The van der Waals surface area contributed by atoms with Crippen molar-refractivity contribution in [2.45, 2.75) is 45.1 Å². The maximum absolute atomic E-state index is 12.2. The first-order valence-corrected chi connectivity index (χ1v) is 8.96. The molecule has 1 saturated carbocycles. The van der Waals surface area contributed by atoms with Crippen molar-refractivity contribution < 1.29 is 9.53 Å². The number of ether oxygens (including phenoxy) is 1. The van der Waals surface area contributed by atoms with Crippen molar-refractivity contribution in [1.82, 2.24) is 19.3 Å². The summed E-state index contributed by atoms with van der Waals surface area (Å²) in [5, 5.41) is 0. The number of piperazine rings is 1. The van der Waals surface area contributed by atoms with Gasteiger partial charge in [0.05, 0.1) is 6.20 Å². The van der Waals surface area contributed by atoms with E-state index >= 15 is 0 Å². The molecule has 1 aliphatic heterocycles. The Balaban J connectivity index is 1.44. The Morgan fingerprint density at radius 2 is 1.88 bits per heavy atom. The molecule has 7 nitrogen and oxygen atoms in total. The highest BCUT2D eigenvalue weighted by atomic mass is 16.6. The molecular weight excluding hydrogens is 318 g/mol. The molecule has 7 heteroatoms. The highest BCUT2D eigenvalue weighted by molar-refractivity contribution is 5.68. The molecular formula is C18H25N5O2. The smallest absolute Gasteiger partial charge is 0.410 e. The van der Waals surface area contributed by atoms with Gasteiger partial charge >= 0.3 is 6.09 Å². The van der Waals surface area contributed by atoms with E-state index in [9.17, 15) is 4.79 Å². The van der Waals surface area contributed by atoms with Gasteiger partial charge in [-0.15, -0.1) is 0 Å². The number of fused-ring (bicyclic) bond motifs is 1. The number of anilines is 1. The van der Waals surface area contributed by atoms with Crippen molar-refractivity contribution >= 4 is 17.6 Å². The number of nitrogens with zero attached hydrogens (tertiary/aromatic N) is 5. The van der Waals surface area contributed by atoms with Crippen molar-refractivity contribution in [3.05, 3.63) is 24.3 Å². The third kappa shape index (κ3) is 3.41. The van der Waals surface area contributed by atoms with E-state index in [1.165, 1.54) is 12.8 Å². The molecule has 1 aliphatic carbocycles. The average molecular weight is 343 g/mol. The van der Waals surface area contributed by atoms with Gasteiger partial charge < -0.3 is 14.5 Å². The molecule has 134 valence electrons. The highest BCUT2D eigenvalue weighted by Gasteiger charge is 2.28. The van der Waals surface area contributed by atoms with Crippen LogP contribution in [0.1, 0.15) is 45.2 Å². The van der Waals surface area contributed by atoms with E-state index in [1.807, 2.05) is 37.7 Å². The van der Waals surface area contributed by atoms with Crippen LogP contribution >= 0.6 is 0 Å². The van der Waals surface area contributed by atoms with Gasteiger partial charge in [0.15, 0.2) is 0 Å². The van der Waals surface area contributed by atoms with Crippen molar-refractivity contribution in [3.63, 3.8) is 0 Å². The topological polar surface area (TPSA) is 63.0 Å². The molecule has 2 aromatic heterocycles. The molecule has 2 aromatic rings. The van der Waals surface area contributed by atoms with Gasteiger partial charge in [0.2, 0.25) is 0 Å². The monoisotopic (exact) mass is 343 g/mol. The maximum Gasteiger partial charge on any atom is 0.410 e. The zero-order valence-corrected chi connectivity index (χ0v) is 15.1. The largest absolute Gasteiger partial charge is 0.444 e. The molecule has 0 spiro atoms. The van der Waals surface area contributed by atoms with Crippen LogP contribution in [0.4, 0.5) is 10.6 Å². The van der Waals surface area contributed by atoms with Gasteiger partial charge in [0.1, 0.15) is 23.4 Å². The van der Waals surface area contributed by atoms with Crippen LogP contribution in [0.15, 0.2) is 18.6 Å². The van der Waals surface area contributed by atoms with E-state index in [-0.39, 0.29) is 6.09 Å². The number of hydrogen-bond donors (Lipinski definition) is 0. The Labute approximate surface area is 147 Å². The lowest BCUT2D eigenvalue weighted by Crippen LogP contribution is -2.50. The first kappa shape index (κ1) is 16.2. The van der Waals surface area contributed by atoms with E-state index in [2.05, 4.69) is 20.9 Å². The third-order valence-electron chi connectivity index (χ3n) is 4.66. The number of hydrogen-bond acceptors (Lipinski definition) is 5. The van der Waals surface area contributed by atoms with Gasteiger partial charge in [-0.05, 0) is 33.6 Å². The molecule has 0 bridgehead atoms. The molecule has 1 saturated heterocycles. The number of carbonyl (C=O) groups is 1. The molecule has 0 atom stereocenters. The predicted octanol–water partition coefficient (Wildman–Crippen LogP) is 2.66. The molecule has 1 amide bonds. The summed E-state index contributed by atoms with van der Waals surface area (Å²) >= 11 is 0. The van der Waals surface area contributed by atoms with Crippen molar-refractivity contribution in [2.24, 2.45) is 0 Å². The van der Waals surface area contributed by atoms with Gasteiger partial charge in [-0.1, -0.05) is 0 Å². The first-order valence-electron chi connectivity index (χ1n) is 8.96. The molecule has 2 aliphatic rings. The minimum Gasteiger partial charge on any atom is -0.444 e.